The average Bonchev–Trinajstić information content (AvgIpc) is 3.32. The lowest BCUT2D eigenvalue weighted by atomic mass is 9.92. The van der Waals surface area contributed by atoms with E-state index in [0.717, 1.165) is 0 Å². The molecule has 3 N–H and O–H groups in total. The van der Waals surface area contributed by atoms with Crippen LogP contribution < -0.4 is 5.73 Å². The predicted molar refractivity (Wildman–Crippen MR) is 120 cm³/mol. The van der Waals surface area contributed by atoms with Gasteiger partial charge in [-0.2, -0.15) is 10.4 Å². The fraction of sp³-hybridized carbons (Fsp3) is 0.609. The van der Waals surface area contributed by atoms with Crippen molar-refractivity contribution in [3.63, 3.8) is 0 Å². The van der Waals surface area contributed by atoms with E-state index in [4.69, 9.17) is 19.9 Å². The average molecular weight is 474 g/mol. The lowest BCUT2D eigenvalue weighted by molar-refractivity contribution is -0.163. The second-order valence-corrected chi connectivity index (χ2v) is 9.32. The van der Waals surface area contributed by atoms with Crippen molar-refractivity contribution in [2.24, 2.45) is 17.8 Å². The molecule has 11 nitrogen and oxygen atoms in total. The number of rotatable bonds is 8. The molecule has 0 aliphatic carbocycles. The standard InChI is InChI=1S/C23H31N5O6/c1-12(2)8-18(29)33-19-16(9-32-22(31)14(5)13(3)4)34-23(10-24,20(19)30)17-7-6-15-21(25)26-11-27-28(15)17/h6-7,11-14,16,19-20,30H,8-9H2,1-5H3,(H2,25,26,27)/t14-,16+,19+,20+,23-/m0/s1. The Kier molecular flexibility index (Phi) is 7.43. The summed E-state index contributed by atoms with van der Waals surface area (Å²) < 4.78 is 18.3. The van der Waals surface area contributed by atoms with Crippen LogP contribution in [0.2, 0.25) is 0 Å². The number of aliphatic hydroxyl groups is 1. The van der Waals surface area contributed by atoms with Gasteiger partial charge in [0.05, 0.1) is 11.6 Å². The van der Waals surface area contributed by atoms with E-state index in [9.17, 15) is 20.0 Å². The molecule has 1 aliphatic heterocycles. The monoisotopic (exact) mass is 473 g/mol. The molecular weight excluding hydrogens is 442 g/mol. The molecule has 3 rings (SSSR count). The van der Waals surface area contributed by atoms with Gasteiger partial charge in [-0.25, -0.2) is 9.50 Å². The number of aliphatic hydroxyl groups excluding tert-OH is 1. The molecule has 1 aliphatic rings. The third-order valence-electron chi connectivity index (χ3n) is 6.06. The molecule has 1 fully saturated rings. The van der Waals surface area contributed by atoms with Crippen molar-refractivity contribution in [1.29, 1.82) is 5.26 Å². The number of carbonyl (C=O) groups is 2. The van der Waals surface area contributed by atoms with E-state index in [2.05, 4.69) is 10.1 Å². The minimum atomic E-state index is -1.96. The highest BCUT2D eigenvalue weighted by atomic mass is 16.6. The summed E-state index contributed by atoms with van der Waals surface area (Å²) in [7, 11) is 0. The number of hydrogen-bond acceptors (Lipinski definition) is 10. The van der Waals surface area contributed by atoms with E-state index in [0.29, 0.717) is 5.52 Å². The summed E-state index contributed by atoms with van der Waals surface area (Å²) in [4.78, 5) is 28.8. The van der Waals surface area contributed by atoms with Crippen LogP contribution in [-0.2, 0) is 29.4 Å². The highest BCUT2D eigenvalue weighted by Crippen LogP contribution is 2.42. The van der Waals surface area contributed by atoms with Crippen LogP contribution in [0.25, 0.3) is 5.52 Å². The molecule has 184 valence electrons. The zero-order chi connectivity index (χ0) is 25.2. The van der Waals surface area contributed by atoms with Gasteiger partial charge in [-0.05, 0) is 24.0 Å². The topological polar surface area (TPSA) is 162 Å². The first kappa shape index (κ1) is 25.4. The molecule has 0 bridgehead atoms. The Hall–Kier alpha value is -3.23. The second-order valence-electron chi connectivity index (χ2n) is 9.32. The molecule has 1 saturated heterocycles. The fourth-order valence-corrected chi connectivity index (χ4v) is 3.78. The first-order valence-corrected chi connectivity index (χ1v) is 11.2. The van der Waals surface area contributed by atoms with Crippen LogP contribution in [0.3, 0.4) is 0 Å². The van der Waals surface area contributed by atoms with Crippen LogP contribution in [0.5, 0.6) is 0 Å². The van der Waals surface area contributed by atoms with Gasteiger partial charge in [-0.3, -0.25) is 9.59 Å². The number of nitriles is 1. The summed E-state index contributed by atoms with van der Waals surface area (Å²) in [5.74, 6) is -1.14. The summed E-state index contributed by atoms with van der Waals surface area (Å²) in [6, 6.07) is 5.15. The van der Waals surface area contributed by atoms with Crippen LogP contribution in [-0.4, -0.2) is 56.6 Å². The van der Waals surface area contributed by atoms with Crippen molar-refractivity contribution >= 4 is 23.3 Å². The van der Waals surface area contributed by atoms with Crippen molar-refractivity contribution in [1.82, 2.24) is 14.6 Å². The van der Waals surface area contributed by atoms with E-state index >= 15 is 0 Å². The number of nitrogens with zero attached hydrogens (tertiary/aromatic N) is 4. The number of aromatic nitrogens is 3. The van der Waals surface area contributed by atoms with Crippen molar-refractivity contribution in [2.45, 2.75) is 65.0 Å². The van der Waals surface area contributed by atoms with Gasteiger partial charge in [0.25, 0.3) is 0 Å². The SMILES string of the molecule is CC(C)CC(=O)O[C@H]1[C@@H](O)[C@](C#N)(c2ccc3c(N)ncnn23)O[C@@H]1COC(=O)[C@@H](C)C(C)C. The smallest absolute Gasteiger partial charge is 0.309 e. The molecule has 0 spiro atoms. The molecule has 5 atom stereocenters. The Morgan fingerprint density at radius 2 is 2.03 bits per heavy atom. The van der Waals surface area contributed by atoms with Crippen molar-refractivity contribution < 1.29 is 28.9 Å². The summed E-state index contributed by atoms with van der Waals surface area (Å²) in [6.45, 7) is 8.93. The number of esters is 2. The molecule has 0 radical (unpaired) electrons. The molecule has 2 aromatic rings. The van der Waals surface area contributed by atoms with Gasteiger partial charge in [0.2, 0.25) is 5.60 Å². The van der Waals surface area contributed by atoms with Crippen LogP contribution >= 0.6 is 0 Å². The molecular formula is C23H31N5O6. The van der Waals surface area contributed by atoms with Gasteiger partial charge in [-0.1, -0.05) is 34.6 Å². The highest BCUT2D eigenvalue weighted by molar-refractivity contribution is 5.72. The number of hydrogen-bond donors (Lipinski definition) is 2. The minimum Gasteiger partial charge on any atom is -0.463 e. The summed E-state index contributed by atoms with van der Waals surface area (Å²) in [6.07, 6.45) is -2.60. The van der Waals surface area contributed by atoms with E-state index in [-0.39, 0.29) is 42.3 Å². The fourth-order valence-electron chi connectivity index (χ4n) is 3.78. The number of anilines is 1. The number of ether oxygens (including phenoxy) is 3. The second kappa shape index (κ2) is 9.95. The Morgan fingerprint density at radius 1 is 1.32 bits per heavy atom. The van der Waals surface area contributed by atoms with E-state index in [1.165, 1.54) is 16.9 Å². The lowest BCUT2D eigenvalue weighted by Gasteiger charge is -2.24. The maximum atomic E-state index is 12.5. The molecule has 0 amide bonds. The van der Waals surface area contributed by atoms with E-state index in [1.807, 2.05) is 33.8 Å². The van der Waals surface area contributed by atoms with Gasteiger partial charge in [0.1, 0.15) is 36.7 Å². The predicted octanol–water partition coefficient (Wildman–Crippen LogP) is 1.58. The van der Waals surface area contributed by atoms with E-state index < -0.39 is 35.9 Å². The Bertz CT molecular complexity index is 1090. The Balaban J connectivity index is 1.96. The van der Waals surface area contributed by atoms with Gasteiger partial charge in [0, 0.05) is 6.42 Å². The van der Waals surface area contributed by atoms with Crippen molar-refractivity contribution in [2.75, 3.05) is 12.3 Å². The van der Waals surface area contributed by atoms with Gasteiger partial charge >= 0.3 is 11.9 Å². The largest absolute Gasteiger partial charge is 0.463 e. The number of nitrogen functional groups attached to an aromatic ring is 1. The first-order chi connectivity index (χ1) is 16.0. The zero-order valence-electron chi connectivity index (χ0n) is 20.0. The zero-order valence-corrected chi connectivity index (χ0v) is 20.0. The van der Waals surface area contributed by atoms with Gasteiger partial charge in [0.15, 0.2) is 11.9 Å². The van der Waals surface area contributed by atoms with Gasteiger partial charge in [-0.15, -0.1) is 0 Å². The highest BCUT2D eigenvalue weighted by Gasteiger charge is 2.60. The summed E-state index contributed by atoms with van der Waals surface area (Å²) in [5.41, 5.74) is 4.54. The molecule has 2 aromatic heterocycles. The molecule has 11 heteroatoms. The molecule has 3 heterocycles. The van der Waals surface area contributed by atoms with Crippen LogP contribution in [0.15, 0.2) is 18.5 Å². The maximum Gasteiger partial charge on any atom is 0.309 e. The Labute approximate surface area is 197 Å². The van der Waals surface area contributed by atoms with Crippen LogP contribution in [0, 0.1) is 29.1 Å². The summed E-state index contributed by atoms with van der Waals surface area (Å²) in [5, 5.41) is 25.6. The van der Waals surface area contributed by atoms with Crippen LogP contribution in [0.1, 0.15) is 46.7 Å². The lowest BCUT2D eigenvalue weighted by Crippen LogP contribution is -2.43. The quantitative estimate of drug-likeness (QED) is 0.538. The third-order valence-corrected chi connectivity index (χ3v) is 6.06. The summed E-state index contributed by atoms with van der Waals surface area (Å²) >= 11 is 0. The molecule has 0 saturated carbocycles. The number of carbonyl (C=O) groups excluding carboxylic acids is 2. The normalized spacial score (nSPS) is 25.4. The minimum absolute atomic E-state index is 0.0186. The maximum absolute atomic E-state index is 12.5. The molecule has 34 heavy (non-hydrogen) atoms. The first-order valence-electron chi connectivity index (χ1n) is 11.2. The molecule has 0 unspecified atom stereocenters. The molecule has 0 aromatic carbocycles. The van der Waals surface area contributed by atoms with E-state index in [1.54, 1.807) is 13.0 Å². The van der Waals surface area contributed by atoms with Crippen LogP contribution in [0.4, 0.5) is 5.82 Å². The number of nitrogens with two attached hydrogens (primary N) is 1. The third kappa shape index (κ3) is 4.69. The van der Waals surface area contributed by atoms with Crippen molar-refractivity contribution in [3.8, 4) is 6.07 Å². The van der Waals surface area contributed by atoms with Crippen molar-refractivity contribution in [3.05, 3.63) is 24.2 Å². The Morgan fingerprint density at radius 3 is 2.65 bits per heavy atom. The number of fused-ring (bicyclic) bond motifs is 1. The van der Waals surface area contributed by atoms with Gasteiger partial charge < -0.3 is 25.1 Å².